The van der Waals surface area contributed by atoms with Gasteiger partial charge in [0, 0.05) is 36.2 Å². The van der Waals surface area contributed by atoms with Gasteiger partial charge in [0.2, 0.25) is 0 Å². The van der Waals surface area contributed by atoms with Crippen LogP contribution in [0.25, 0.3) is 38.6 Å². The molecule has 0 bridgehead atoms. The third-order valence-electron chi connectivity index (χ3n) is 5.95. The summed E-state index contributed by atoms with van der Waals surface area (Å²) in [6, 6.07) is 18.8. The largest absolute Gasteiger partial charge is 0.377 e. The van der Waals surface area contributed by atoms with Crippen molar-refractivity contribution in [3.05, 3.63) is 96.4 Å². The molecule has 0 saturated carbocycles. The molecular weight excluding hydrogens is 388 g/mol. The van der Waals surface area contributed by atoms with Crippen molar-refractivity contribution in [2.75, 3.05) is 19.0 Å². The van der Waals surface area contributed by atoms with Crippen LogP contribution in [0.5, 0.6) is 0 Å². The van der Waals surface area contributed by atoms with Crippen LogP contribution < -0.4 is 4.90 Å². The van der Waals surface area contributed by atoms with E-state index in [0.29, 0.717) is 5.56 Å². The van der Waals surface area contributed by atoms with Gasteiger partial charge in [0.25, 0.3) is 0 Å². The van der Waals surface area contributed by atoms with E-state index in [1.54, 1.807) is 0 Å². The molecule has 2 nitrogen and oxygen atoms in total. The monoisotopic (exact) mass is 423 g/mol. The predicted molar refractivity (Wildman–Crippen MR) is 139 cm³/mol. The maximum atomic E-state index is 8.73. The van der Waals surface area contributed by atoms with Crippen molar-refractivity contribution in [2.45, 2.75) is 26.2 Å². The SMILES string of the molecule is [2H]c1c([2H])c([2H])c(-c2cccc3c2c2c(C(C)(C)C)c(N(C)C)ccc2n3-c2ccccc2)c([2H])c1[2H]. The molecule has 0 aliphatic carbocycles. The van der Waals surface area contributed by atoms with E-state index in [9.17, 15) is 0 Å². The summed E-state index contributed by atoms with van der Waals surface area (Å²) in [5.41, 5.74) is 5.79. The van der Waals surface area contributed by atoms with Gasteiger partial charge in [-0.15, -0.1) is 0 Å². The first-order valence-corrected chi connectivity index (χ1v) is 10.9. The molecule has 0 atom stereocenters. The molecule has 0 spiro atoms. The van der Waals surface area contributed by atoms with Gasteiger partial charge in [-0.3, -0.25) is 0 Å². The van der Waals surface area contributed by atoms with Crippen LogP contribution in [0.2, 0.25) is 0 Å². The lowest BCUT2D eigenvalue weighted by molar-refractivity contribution is 0.596. The standard InChI is InChI=1S/C30H30N2/c1-30(2,3)29-26(31(4)5)20-19-25-28(29)27-23(21-13-8-6-9-14-21)17-12-18-24(27)32(25)22-15-10-7-11-16-22/h6-20H,1-5H3/i6D,8D,9D,13D,14D. The van der Waals surface area contributed by atoms with E-state index in [2.05, 4.69) is 54.5 Å². The molecule has 0 amide bonds. The molecule has 4 aromatic carbocycles. The number of nitrogens with zero attached hydrogens (tertiary/aromatic N) is 2. The Labute approximate surface area is 197 Å². The highest BCUT2D eigenvalue weighted by Crippen LogP contribution is 2.45. The first-order chi connectivity index (χ1) is 17.4. The number of para-hydroxylation sites is 1. The summed E-state index contributed by atoms with van der Waals surface area (Å²) in [5, 5.41) is 1.91. The lowest BCUT2D eigenvalue weighted by Gasteiger charge is -2.28. The van der Waals surface area contributed by atoms with Crippen molar-refractivity contribution in [2.24, 2.45) is 0 Å². The van der Waals surface area contributed by atoms with Crippen LogP contribution in [0.15, 0.2) is 90.9 Å². The fraction of sp³-hybridized carbons (Fsp3) is 0.200. The summed E-state index contributed by atoms with van der Waals surface area (Å²) < 4.78 is 44.4. The maximum absolute atomic E-state index is 8.73. The van der Waals surface area contributed by atoms with E-state index in [-0.39, 0.29) is 41.2 Å². The van der Waals surface area contributed by atoms with Gasteiger partial charge in [-0.2, -0.15) is 0 Å². The molecule has 0 aliphatic heterocycles. The summed E-state index contributed by atoms with van der Waals surface area (Å²) in [4.78, 5) is 2.11. The fourth-order valence-corrected chi connectivity index (χ4v) is 4.72. The van der Waals surface area contributed by atoms with Crippen LogP contribution in [0.1, 0.15) is 33.2 Å². The zero-order valence-electron chi connectivity index (χ0n) is 24.2. The van der Waals surface area contributed by atoms with Crippen molar-refractivity contribution in [3.8, 4) is 16.8 Å². The van der Waals surface area contributed by atoms with Gasteiger partial charge in [0.1, 0.15) is 0 Å². The van der Waals surface area contributed by atoms with E-state index in [1.165, 1.54) is 0 Å². The number of anilines is 1. The number of hydrogen-bond donors (Lipinski definition) is 0. The van der Waals surface area contributed by atoms with Crippen LogP contribution in [-0.2, 0) is 5.41 Å². The number of fused-ring (bicyclic) bond motifs is 3. The minimum atomic E-state index is -0.386. The minimum absolute atomic E-state index is 0.194. The molecule has 0 unspecified atom stereocenters. The molecule has 5 rings (SSSR count). The van der Waals surface area contributed by atoms with Gasteiger partial charge >= 0.3 is 0 Å². The second-order valence-corrected chi connectivity index (χ2v) is 9.37. The molecular formula is C30H30N2. The molecule has 1 aromatic heterocycles. The molecule has 2 heteroatoms. The van der Waals surface area contributed by atoms with Gasteiger partial charge in [-0.1, -0.05) is 81.3 Å². The fourth-order valence-electron chi connectivity index (χ4n) is 4.72. The highest BCUT2D eigenvalue weighted by atomic mass is 15.1. The van der Waals surface area contributed by atoms with Gasteiger partial charge in [0.05, 0.1) is 17.9 Å². The van der Waals surface area contributed by atoms with E-state index in [0.717, 1.165) is 38.7 Å². The Morgan fingerprint density at radius 2 is 1.44 bits per heavy atom. The van der Waals surface area contributed by atoms with E-state index in [4.69, 9.17) is 6.85 Å². The summed E-state index contributed by atoms with van der Waals surface area (Å²) in [6.07, 6.45) is 0. The van der Waals surface area contributed by atoms with E-state index >= 15 is 0 Å². The second kappa shape index (κ2) is 7.56. The average Bonchev–Trinajstić information content (AvgIpc) is 3.20. The number of benzene rings is 4. The Bertz CT molecular complexity index is 1650. The molecule has 5 aromatic rings. The van der Waals surface area contributed by atoms with Crippen LogP contribution in [0, 0.1) is 0 Å². The predicted octanol–water partition coefficient (Wildman–Crippen LogP) is 7.81. The molecule has 0 saturated heterocycles. The molecule has 0 fully saturated rings. The van der Waals surface area contributed by atoms with Gasteiger partial charge < -0.3 is 9.47 Å². The topological polar surface area (TPSA) is 8.17 Å². The normalized spacial score (nSPS) is 14.1. The summed E-state index contributed by atoms with van der Waals surface area (Å²) in [5.74, 6) is 0. The molecule has 0 radical (unpaired) electrons. The Morgan fingerprint density at radius 3 is 2.09 bits per heavy atom. The minimum Gasteiger partial charge on any atom is -0.377 e. The van der Waals surface area contributed by atoms with Crippen molar-refractivity contribution < 1.29 is 6.85 Å². The highest BCUT2D eigenvalue weighted by molar-refractivity contribution is 6.18. The van der Waals surface area contributed by atoms with Crippen LogP contribution in [0.4, 0.5) is 5.69 Å². The zero-order valence-corrected chi connectivity index (χ0v) is 19.2. The highest BCUT2D eigenvalue weighted by Gasteiger charge is 2.27. The molecule has 0 aliphatic rings. The Kier molecular flexibility index (Phi) is 3.62. The van der Waals surface area contributed by atoms with Crippen molar-refractivity contribution in [1.82, 2.24) is 4.57 Å². The first-order valence-electron chi connectivity index (χ1n) is 13.4. The maximum Gasteiger partial charge on any atom is 0.0629 e. The number of hydrogen-bond acceptors (Lipinski definition) is 1. The summed E-state index contributed by atoms with van der Waals surface area (Å²) >= 11 is 0. The average molecular weight is 424 g/mol. The lowest BCUT2D eigenvalue weighted by Crippen LogP contribution is -2.19. The molecule has 32 heavy (non-hydrogen) atoms. The quantitative estimate of drug-likeness (QED) is 0.287. The van der Waals surface area contributed by atoms with E-state index < -0.39 is 0 Å². The lowest BCUT2D eigenvalue weighted by atomic mass is 9.81. The van der Waals surface area contributed by atoms with Crippen LogP contribution in [0.3, 0.4) is 0 Å². The van der Waals surface area contributed by atoms with Gasteiger partial charge in [-0.25, -0.2) is 0 Å². The zero-order chi connectivity index (χ0) is 26.8. The first kappa shape index (κ1) is 15.3. The van der Waals surface area contributed by atoms with Crippen molar-refractivity contribution in [3.63, 3.8) is 0 Å². The number of rotatable bonds is 3. The summed E-state index contributed by atoms with van der Waals surface area (Å²) in [6.45, 7) is 6.56. The van der Waals surface area contributed by atoms with Crippen LogP contribution in [-0.4, -0.2) is 18.7 Å². The van der Waals surface area contributed by atoms with Crippen molar-refractivity contribution in [1.29, 1.82) is 0 Å². The van der Waals surface area contributed by atoms with Crippen LogP contribution >= 0.6 is 0 Å². The molecule has 160 valence electrons. The summed E-state index contributed by atoms with van der Waals surface area (Å²) in [7, 11) is 4.06. The Hall–Kier alpha value is -3.52. The van der Waals surface area contributed by atoms with Gasteiger partial charge in [0.15, 0.2) is 0 Å². The Balaban J connectivity index is 2.10. The third-order valence-corrected chi connectivity index (χ3v) is 5.95. The van der Waals surface area contributed by atoms with Crippen molar-refractivity contribution >= 4 is 27.5 Å². The second-order valence-electron chi connectivity index (χ2n) is 9.37. The third kappa shape index (κ3) is 3.18. The smallest absolute Gasteiger partial charge is 0.0629 e. The molecule has 0 N–H and O–H groups in total. The number of aromatic nitrogens is 1. The van der Waals surface area contributed by atoms with E-state index in [1.807, 2.05) is 50.5 Å². The molecule has 1 heterocycles. The van der Waals surface area contributed by atoms with Gasteiger partial charge in [-0.05, 0) is 52.4 Å². The Morgan fingerprint density at radius 1 is 0.750 bits per heavy atom.